The van der Waals surface area contributed by atoms with Crippen LogP contribution in [-0.2, 0) is 13.6 Å². The predicted octanol–water partition coefficient (Wildman–Crippen LogP) is 1.88. The van der Waals surface area contributed by atoms with Crippen LogP contribution in [0.2, 0.25) is 0 Å². The van der Waals surface area contributed by atoms with Crippen molar-refractivity contribution < 1.29 is 4.42 Å². The summed E-state index contributed by atoms with van der Waals surface area (Å²) in [4.78, 5) is 4.23. The van der Waals surface area contributed by atoms with E-state index in [2.05, 4.69) is 29.2 Å². The van der Waals surface area contributed by atoms with E-state index in [9.17, 15) is 0 Å². The van der Waals surface area contributed by atoms with Gasteiger partial charge in [-0.15, -0.1) is 0 Å². The van der Waals surface area contributed by atoms with Crippen molar-refractivity contribution >= 4 is 0 Å². The Bertz CT molecular complexity index is 479. The summed E-state index contributed by atoms with van der Waals surface area (Å²) in [5.74, 6) is 0.752. The van der Waals surface area contributed by atoms with Crippen LogP contribution in [0.5, 0.6) is 0 Å². The Balaban J connectivity index is 2.24. The maximum Gasteiger partial charge on any atom is 0.181 e. The fourth-order valence-corrected chi connectivity index (χ4v) is 1.58. The lowest BCUT2D eigenvalue weighted by Gasteiger charge is -2.05. The molecule has 0 unspecified atom stereocenters. The Morgan fingerprint density at radius 3 is 2.82 bits per heavy atom. The van der Waals surface area contributed by atoms with Crippen molar-refractivity contribution in [3.05, 3.63) is 23.8 Å². The lowest BCUT2D eigenvalue weighted by Crippen LogP contribution is -2.22. The summed E-state index contributed by atoms with van der Waals surface area (Å²) in [6.45, 7) is 6.91. The van der Waals surface area contributed by atoms with Crippen molar-refractivity contribution in [3.63, 3.8) is 0 Å². The quantitative estimate of drug-likeness (QED) is 0.877. The van der Waals surface area contributed by atoms with E-state index >= 15 is 0 Å². The van der Waals surface area contributed by atoms with Crippen molar-refractivity contribution in [3.8, 4) is 11.5 Å². The summed E-state index contributed by atoms with van der Waals surface area (Å²) < 4.78 is 7.26. The van der Waals surface area contributed by atoms with Crippen molar-refractivity contribution in [2.45, 2.75) is 33.4 Å². The third kappa shape index (κ3) is 2.55. The molecular weight excluding hydrogens is 216 g/mol. The molecule has 0 radical (unpaired) electrons. The summed E-state index contributed by atoms with van der Waals surface area (Å²) in [7, 11) is 1.92. The molecule has 0 aromatic carbocycles. The molecule has 1 N–H and O–H groups in total. The molecule has 5 heteroatoms. The normalized spacial score (nSPS) is 11.4. The van der Waals surface area contributed by atoms with Gasteiger partial charge in [0.15, 0.2) is 12.2 Å². The van der Waals surface area contributed by atoms with E-state index in [1.807, 2.05) is 24.7 Å². The summed E-state index contributed by atoms with van der Waals surface area (Å²) in [6, 6.07) is 2.42. The number of aromatic nitrogens is 3. The second-order valence-electron chi connectivity index (χ2n) is 4.46. The number of nitrogens with zero attached hydrogens (tertiary/aromatic N) is 3. The molecule has 2 aromatic rings. The van der Waals surface area contributed by atoms with Crippen LogP contribution in [0.4, 0.5) is 0 Å². The fourth-order valence-electron chi connectivity index (χ4n) is 1.58. The van der Waals surface area contributed by atoms with E-state index < -0.39 is 0 Å². The number of hydrogen-bond donors (Lipinski definition) is 1. The Morgan fingerprint density at radius 2 is 2.24 bits per heavy atom. The monoisotopic (exact) mass is 234 g/mol. The molecule has 2 heterocycles. The molecule has 0 bridgehead atoms. The minimum atomic E-state index is 0.421. The first-order chi connectivity index (χ1) is 8.08. The number of aryl methyl sites for hydroxylation is 2. The van der Waals surface area contributed by atoms with Gasteiger partial charge in [-0.2, -0.15) is 5.10 Å². The molecule has 0 spiro atoms. The molecule has 2 aromatic heterocycles. The smallest absolute Gasteiger partial charge is 0.181 e. The number of hydrogen-bond acceptors (Lipinski definition) is 4. The largest absolute Gasteiger partial charge is 0.441 e. The zero-order valence-electron chi connectivity index (χ0n) is 10.7. The average molecular weight is 234 g/mol. The second-order valence-corrected chi connectivity index (χ2v) is 4.46. The standard InChI is InChI=1S/C12H18N4O/c1-8(2)13-6-11-12(17-7-14-11)10-5-9(3)16(4)15-10/h5,7-8,13H,6H2,1-4H3. The highest BCUT2D eigenvalue weighted by atomic mass is 16.3. The van der Waals surface area contributed by atoms with E-state index in [4.69, 9.17) is 4.42 Å². The van der Waals surface area contributed by atoms with Gasteiger partial charge in [0.2, 0.25) is 0 Å². The highest BCUT2D eigenvalue weighted by molar-refractivity contribution is 5.55. The van der Waals surface area contributed by atoms with Gasteiger partial charge in [-0.3, -0.25) is 4.68 Å². The Morgan fingerprint density at radius 1 is 1.47 bits per heavy atom. The highest BCUT2D eigenvalue weighted by Gasteiger charge is 2.14. The van der Waals surface area contributed by atoms with Crippen molar-refractivity contribution in [1.29, 1.82) is 0 Å². The van der Waals surface area contributed by atoms with Gasteiger partial charge in [-0.25, -0.2) is 4.98 Å². The third-order valence-electron chi connectivity index (χ3n) is 2.67. The molecule has 0 fully saturated rings. The highest BCUT2D eigenvalue weighted by Crippen LogP contribution is 2.22. The van der Waals surface area contributed by atoms with Crippen LogP contribution in [0.25, 0.3) is 11.5 Å². The third-order valence-corrected chi connectivity index (χ3v) is 2.67. The number of rotatable bonds is 4. The lowest BCUT2D eigenvalue weighted by atomic mass is 10.2. The fraction of sp³-hybridized carbons (Fsp3) is 0.500. The van der Waals surface area contributed by atoms with E-state index in [1.54, 1.807) is 0 Å². The first kappa shape index (κ1) is 11.9. The van der Waals surface area contributed by atoms with Crippen LogP contribution in [0.3, 0.4) is 0 Å². The molecular formula is C12H18N4O. The predicted molar refractivity (Wildman–Crippen MR) is 65.4 cm³/mol. The van der Waals surface area contributed by atoms with Crippen molar-refractivity contribution in [2.75, 3.05) is 0 Å². The van der Waals surface area contributed by atoms with E-state index in [-0.39, 0.29) is 0 Å². The zero-order valence-corrected chi connectivity index (χ0v) is 10.7. The minimum absolute atomic E-state index is 0.421. The molecule has 0 saturated carbocycles. The molecule has 0 saturated heterocycles. The van der Waals surface area contributed by atoms with Gasteiger partial charge in [0.25, 0.3) is 0 Å². The van der Waals surface area contributed by atoms with Crippen molar-refractivity contribution in [1.82, 2.24) is 20.1 Å². The first-order valence-electron chi connectivity index (χ1n) is 5.74. The molecule has 0 aliphatic rings. The first-order valence-corrected chi connectivity index (χ1v) is 5.74. The molecule has 0 amide bonds. The van der Waals surface area contributed by atoms with Crippen LogP contribution in [-0.4, -0.2) is 20.8 Å². The molecule has 17 heavy (non-hydrogen) atoms. The maximum absolute atomic E-state index is 5.42. The molecule has 2 rings (SSSR count). The summed E-state index contributed by atoms with van der Waals surface area (Å²) in [6.07, 6.45) is 1.47. The average Bonchev–Trinajstić information content (AvgIpc) is 2.83. The van der Waals surface area contributed by atoms with E-state index in [1.165, 1.54) is 6.39 Å². The van der Waals surface area contributed by atoms with Gasteiger partial charge in [-0.1, -0.05) is 13.8 Å². The SMILES string of the molecule is Cc1cc(-c2ocnc2CNC(C)C)nn1C. The number of oxazole rings is 1. The summed E-state index contributed by atoms with van der Waals surface area (Å²) in [5.41, 5.74) is 2.83. The van der Waals surface area contributed by atoms with Gasteiger partial charge in [-0.05, 0) is 13.0 Å². The van der Waals surface area contributed by atoms with Crippen LogP contribution in [0.15, 0.2) is 16.9 Å². The molecule has 92 valence electrons. The van der Waals surface area contributed by atoms with Gasteiger partial charge >= 0.3 is 0 Å². The Hall–Kier alpha value is -1.62. The lowest BCUT2D eigenvalue weighted by molar-refractivity contribution is 0.559. The van der Waals surface area contributed by atoms with Crippen molar-refractivity contribution in [2.24, 2.45) is 7.05 Å². The minimum Gasteiger partial charge on any atom is -0.441 e. The van der Waals surface area contributed by atoms with Crippen LogP contribution >= 0.6 is 0 Å². The summed E-state index contributed by atoms with van der Waals surface area (Å²) in [5, 5.41) is 7.72. The van der Waals surface area contributed by atoms with Crippen LogP contribution in [0, 0.1) is 6.92 Å². The maximum atomic E-state index is 5.42. The second kappa shape index (κ2) is 4.71. The van der Waals surface area contributed by atoms with E-state index in [0.29, 0.717) is 12.6 Å². The van der Waals surface area contributed by atoms with Crippen LogP contribution < -0.4 is 5.32 Å². The zero-order chi connectivity index (χ0) is 12.4. The molecule has 0 aliphatic heterocycles. The molecule has 0 aliphatic carbocycles. The Labute approximate surface area is 101 Å². The van der Waals surface area contributed by atoms with E-state index in [0.717, 1.165) is 22.8 Å². The van der Waals surface area contributed by atoms with Gasteiger partial charge in [0.1, 0.15) is 11.4 Å². The topological polar surface area (TPSA) is 55.9 Å². The molecule has 0 atom stereocenters. The summed E-state index contributed by atoms with van der Waals surface area (Å²) >= 11 is 0. The molecule has 5 nitrogen and oxygen atoms in total. The van der Waals surface area contributed by atoms with Crippen LogP contribution in [0.1, 0.15) is 25.2 Å². The van der Waals surface area contributed by atoms with Gasteiger partial charge in [0.05, 0.1) is 0 Å². The van der Waals surface area contributed by atoms with Gasteiger partial charge in [0, 0.05) is 25.3 Å². The Kier molecular flexibility index (Phi) is 3.28. The number of nitrogens with one attached hydrogen (secondary N) is 1. The van der Waals surface area contributed by atoms with Gasteiger partial charge < -0.3 is 9.73 Å².